The van der Waals surface area contributed by atoms with Crippen LogP contribution in [-0.2, 0) is 16.1 Å². The first-order valence-corrected chi connectivity index (χ1v) is 12.1. The lowest BCUT2D eigenvalue weighted by Gasteiger charge is -2.33. The fourth-order valence-electron chi connectivity index (χ4n) is 4.85. The minimum atomic E-state index is -0.688. The van der Waals surface area contributed by atoms with E-state index in [-0.39, 0.29) is 42.4 Å². The van der Waals surface area contributed by atoms with E-state index in [2.05, 4.69) is 0 Å². The summed E-state index contributed by atoms with van der Waals surface area (Å²) in [6.45, 7) is 0.663. The molecule has 2 heterocycles. The molecule has 0 saturated carbocycles. The molecular weight excluding hydrogens is 469 g/mol. The lowest BCUT2D eigenvalue weighted by atomic mass is 9.99. The largest absolute Gasteiger partial charge is 0.336 e. The molecule has 2 fully saturated rings. The van der Waals surface area contributed by atoms with E-state index >= 15 is 0 Å². The van der Waals surface area contributed by atoms with Crippen molar-refractivity contribution in [2.45, 2.75) is 63.6 Å². The van der Waals surface area contributed by atoms with E-state index in [4.69, 9.17) is 23.2 Å². The first-order valence-electron chi connectivity index (χ1n) is 11.3. The number of hydrogen-bond donors (Lipinski definition) is 0. The Balaban J connectivity index is 1.51. The van der Waals surface area contributed by atoms with Crippen LogP contribution in [0.5, 0.6) is 0 Å². The van der Waals surface area contributed by atoms with Crippen LogP contribution in [0.1, 0.15) is 62.1 Å². The maximum absolute atomic E-state index is 14.2. The third-order valence-corrected chi connectivity index (χ3v) is 7.36. The number of likely N-dealkylation sites (tertiary alicyclic amines) is 2. The Labute approximate surface area is 202 Å². The number of nitrogens with zero attached hydrogens (tertiary/aromatic N) is 2. The van der Waals surface area contributed by atoms with Crippen molar-refractivity contribution in [3.63, 3.8) is 0 Å². The molecule has 33 heavy (non-hydrogen) atoms. The molecule has 0 aromatic heterocycles. The Hall–Kier alpha value is -2.18. The van der Waals surface area contributed by atoms with Crippen molar-refractivity contribution in [3.8, 4) is 0 Å². The maximum atomic E-state index is 14.2. The van der Waals surface area contributed by atoms with Gasteiger partial charge in [-0.15, -0.1) is 0 Å². The second-order valence-electron chi connectivity index (χ2n) is 8.78. The van der Waals surface area contributed by atoms with Crippen LogP contribution in [0.15, 0.2) is 36.4 Å². The molecular formula is C25H26Cl2F2N2O2. The molecule has 0 N–H and O–H groups in total. The van der Waals surface area contributed by atoms with Crippen LogP contribution < -0.4 is 0 Å². The summed E-state index contributed by atoms with van der Waals surface area (Å²) in [6.07, 6.45) is 4.82. The average molecular weight is 495 g/mol. The van der Waals surface area contributed by atoms with Gasteiger partial charge in [0.25, 0.3) is 0 Å². The van der Waals surface area contributed by atoms with Crippen LogP contribution in [0.2, 0.25) is 10.0 Å². The normalized spacial score (nSPS) is 21.4. The third kappa shape index (κ3) is 5.49. The number of rotatable bonds is 5. The van der Waals surface area contributed by atoms with E-state index in [0.29, 0.717) is 29.4 Å². The first-order chi connectivity index (χ1) is 15.8. The first kappa shape index (κ1) is 24.0. The molecule has 2 atom stereocenters. The van der Waals surface area contributed by atoms with Gasteiger partial charge in [-0.3, -0.25) is 9.59 Å². The van der Waals surface area contributed by atoms with Gasteiger partial charge >= 0.3 is 0 Å². The van der Waals surface area contributed by atoms with Crippen LogP contribution in [0.3, 0.4) is 0 Å². The summed E-state index contributed by atoms with van der Waals surface area (Å²) in [7, 11) is 0. The van der Waals surface area contributed by atoms with Crippen molar-refractivity contribution in [1.29, 1.82) is 0 Å². The summed E-state index contributed by atoms with van der Waals surface area (Å²) in [5.74, 6) is -1.50. The SMILES string of the molecule is O=C1CCC(CC(=O)N2CCCCCC2c2ccc(Cl)c(Cl)c2)N1Cc1ccc(F)cc1F. The highest BCUT2D eigenvalue weighted by Crippen LogP contribution is 2.35. The van der Waals surface area contributed by atoms with Crippen LogP contribution in [0.25, 0.3) is 0 Å². The Morgan fingerprint density at radius 1 is 1.00 bits per heavy atom. The highest BCUT2D eigenvalue weighted by atomic mass is 35.5. The van der Waals surface area contributed by atoms with Gasteiger partial charge in [0.2, 0.25) is 11.8 Å². The minimum absolute atomic E-state index is 0.0269. The smallest absolute Gasteiger partial charge is 0.225 e. The number of hydrogen-bond acceptors (Lipinski definition) is 2. The molecule has 8 heteroatoms. The van der Waals surface area contributed by atoms with Crippen LogP contribution in [0.4, 0.5) is 8.78 Å². The molecule has 4 rings (SSSR count). The summed E-state index contributed by atoms with van der Waals surface area (Å²) in [5, 5.41) is 0.930. The number of carbonyl (C=O) groups excluding carboxylic acids is 2. The van der Waals surface area contributed by atoms with E-state index in [0.717, 1.165) is 37.3 Å². The van der Waals surface area contributed by atoms with Gasteiger partial charge in [0, 0.05) is 43.6 Å². The molecule has 2 aliphatic heterocycles. The molecule has 0 bridgehead atoms. The lowest BCUT2D eigenvalue weighted by molar-refractivity contribution is -0.136. The predicted octanol–water partition coefficient (Wildman–Crippen LogP) is 6.30. The standard InChI is InChI=1S/C25H26Cl2F2N2O2/c26-20-9-6-16(12-21(20)27)23-4-2-1-3-11-30(23)25(33)14-19-8-10-24(32)31(19)15-17-5-7-18(28)13-22(17)29/h5-7,9,12-13,19,23H,1-4,8,10-11,14-15H2. The average Bonchev–Trinajstić information content (AvgIpc) is 2.97. The Bertz CT molecular complexity index is 1050. The van der Waals surface area contributed by atoms with Crippen molar-refractivity contribution in [3.05, 3.63) is 69.2 Å². The molecule has 2 aliphatic rings. The highest BCUT2D eigenvalue weighted by Gasteiger charge is 2.36. The van der Waals surface area contributed by atoms with Crippen molar-refractivity contribution in [2.75, 3.05) is 6.54 Å². The summed E-state index contributed by atoms with van der Waals surface area (Å²) in [5.41, 5.74) is 1.19. The van der Waals surface area contributed by atoms with Crippen LogP contribution in [0, 0.1) is 11.6 Å². The summed E-state index contributed by atoms with van der Waals surface area (Å²) in [4.78, 5) is 29.4. The topological polar surface area (TPSA) is 40.6 Å². The number of carbonyl (C=O) groups is 2. The molecule has 4 nitrogen and oxygen atoms in total. The van der Waals surface area contributed by atoms with Crippen molar-refractivity contribution in [1.82, 2.24) is 9.80 Å². The number of halogens is 4. The summed E-state index contributed by atoms with van der Waals surface area (Å²) in [6, 6.07) is 8.41. The molecule has 2 aromatic carbocycles. The monoisotopic (exact) mass is 494 g/mol. The van der Waals surface area contributed by atoms with Gasteiger partial charge in [0.15, 0.2) is 0 Å². The van der Waals surface area contributed by atoms with Gasteiger partial charge in [0.1, 0.15) is 11.6 Å². The van der Waals surface area contributed by atoms with E-state index < -0.39 is 11.6 Å². The molecule has 0 spiro atoms. The number of amides is 2. The zero-order chi connectivity index (χ0) is 23.5. The Kier molecular flexibility index (Phi) is 7.55. The van der Waals surface area contributed by atoms with E-state index in [9.17, 15) is 18.4 Å². The van der Waals surface area contributed by atoms with Gasteiger partial charge in [-0.2, -0.15) is 0 Å². The van der Waals surface area contributed by atoms with E-state index in [1.54, 1.807) is 11.0 Å². The number of benzene rings is 2. The van der Waals surface area contributed by atoms with Gasteiger partial charge < -0.3 is 9.80 Å². The molecule has 0 radical (unpaired) electrons. The van der Waals surface area contributed by atoms with Crippen molar-refractivity contribution in [2.24, 2.45) is 0 Å². The van der Waals surface area contributed by atoms with Crippen molar-refractivity contribution < 1.29 is 18.4 Å². The highest BCUT2D eigenvalue weighted by molar-refractivity contribution is 6.42. The minimum Gasteiger partial charge on any atom is -0.336 e. The maximum Gasteiger partial charge on any atom is 0.225 e. The predicted molar refractivity (Wildman–Crippen MR) is 124 cm³/mol. The van der Waals surface area contributed by atoms with Gasteiger partial charge in [0.05, 0.1) is 16.1 Å². The molecule has 2 saturated heterocycles. The third-order valence-electron chi connectivity index (χ3n) is 6.62. The summed E-state index contributed by atoms with van der Waals surface area (Å²) < 4.78 is 27.4. The van der Waals surface area contributed by atoms with Gasteiger partial charge in [-0.25, -0.2) is 8.78 Å². The zero-order valence-electron chi connectivity index (χ0n) is 18.2. The molecule has 2 unspecified atom stereocenters. The van der Waals surface area contributed by atoms with E-state index in [1.807, 2.05) is 17.0 Å². The second kappa shape index (κ2) is 10.4. The molecule has 2 amide bonds. The summed E-state index contributed by atoms with van der Waals surface area (Å²) >= 11 is 12.3. The fraction of sp³-hybridized carbons (Fsp3) is 0.440. The molecule has 2 aromatic rings. The van der Waals surface area contributed by atoms with Crippen LogP contribution >= 0.6 is 23.2 Å². The quantitative estimate of drug-likeness (QED) is 0.489. The van der Waals surface area contributed by atoms with Gasteiger partial charge in [-0.1, -0.05) is 48.2 Å². The molecule has 176 valence electrons. The Morgan fingerprint density at radius 3 is 2.58 bits per heavy atom. The zero-order valence-corrected chi connectivity index (χ0v) is 19.7. The second-order valence-corrected chi connectivity index (χ2v) is 9.59. The van der Waals surface area contributed by atoms with E-state index in [1.165, 1.54) is 12.1 Å². The van der Waals surface area contributed by atoms with Gasteiger partial charge in [-0.05, 0) is 43.0 Å². The van der Waals surface area contributed by atoms with Crippen molar-refractivity contribution >= 4 is 35.0 Å². The fourth-order valence-corrected chi connectivity index (χ4v) is 5.15. The Morgan fingerprint density at radius 2 is 1.82 bits per heavy atom. The lowest BCUT2D eigenvalue weighted by Crippen LogP contribution is -2.40. The molecule has 0 aliphatic carbocycles. The van der Waals surface area contributed by atoms with Crippen LogP contribution in [-0.4, -0.2) is 34.2 Å².